The van der Waals surface area contributed by atoms with E-state index in [2.05, 4.69) is 10.3 Å². The van der Waals surface area contributed by atoms with Gasteiger partial charge in [0.2, 0.25) is 0 Å². The first-order chi connectivity index (χ1) is 17.3. The van der Waals surface area contributed by atoms with Crippen molar-refractivity contribution < 1.29 is 28.2 Å². The Balaban J connectivity index is 1.81. The van der Waals surface area contributed by atoms with Crippen molar-refractivity contribution in [3.05, 3.63) is 74.6 Å². The number of alkyl halides is 1. The van der Waals surface area contributed by atoms with E-state index in [9.17, 15) is 18.4 Å². The van der Waals surface area contributed by atoms with Gasteiger partial charge in [0.15, 0.2) is 10.8 Å². The molecule has 0 saturated carbocycles. The molecule has 3 heterocycles. The van der Waals surface area contributed by atoms with Crippen LogP contribution in [0, 0.1) is 5.82 Å². The van der Waals surface area contributed by atoms with Crippen molar-refractivity contribution in [2.45, 2.75) is 31.6 Å². The molecule has 0 spiro atoms. The molecule has 0 aliphatic carbocycles. The normalized spacial score (nSPS) is 22.6. The molecule has 2 N–H and O–H groups in total. The summed E-state index contributed by atoms with van der Waals surface area (Å²) in [5.41, 5.74) is 0.928. The topological polar surface area (TPSA) is 104 Å². The maximum absolute atomic E-state index is 14.4. The van der Waals surface area contributed by atoms with Gasteiger partial charge in [-0.15, -0.1) is 11.3 Å². The molecule has 2 aliphatic heterocycles. The van der Waals surface area contributed by atoms with Crippen LogP contribution >= 0.6 is 22.9 Å². The summed E-state index contributed by atoms with van der Waals surface area (Å²) < 4.78 is 33.5. The number of carbonyl (C=O) groups is 2. The number of aromatic nitrogens is 1. The molecule has 1 fully saturated rings. The average molecular weight is 537 g/mol. The van der Waals surface area contributed by atoms with Crippen molar-refractivity contribution in [1.29, 1.82) is 0 Å². The van der Waals surface area contributed by atoms with Crippen LogP contribution in [-0.2, 0) is 14.3 Å². The summed E-state index contributed by atoms with van der Waals surface area (Å²) in [6.45, 7) is 1.88. The summed E-state index contributed by atoms with van der Waals surface area (Å²) in [7, 11) is 0. The number of aliphatic imine (C=N–C) groups is 1. The zero-order valence-electron chi connectivity index (χ0n) is 19.2. The molecule has 2 aliphatic rings. The maximum Gasteiger partial charge on any atom is 0.338 e. The highest BCUT2D eigenvalue weighted by Crippen LogP contribution is 2.37. The molecule has 3 atom stereocenters. The van der Waals surface area contributed by atoms with Gasteiger partial charge in [0.05, 0.1) is 12.2 Å². The summed E-state index contributed by atoms with van der Waals surface area (Å²) in [4.78, 5) is 35.0. The van der Waals surface area contributed by atoms with Gasteiger partial charge < -0.3 is 15.2 Å². The largest absolute Gasteiger partial charge is 0.478 e. The molecular weight excluding hydrogens is 514 g/mol. The summed E-state index contributed by atoms with van der Waals surface area (Å²) in [5, 5.41) is 14.6. The predicted molar refractivity (Wildman–Crippen MR) is 131 cm³/mol. The number of hydrogen-bond acceptors (Lipinski definition) is 8. The Morgan fingerprint density at radius 1 is 1.42 bits per heavy atom. The van der Waals surface area contributed by atoms with E-state index in [4.69, 9.17) is 26.4 Å². The summed E-state index contributed by atoms with van der Waals surface area (Å²) >= 11 is 7.70. The molecule has 0 radical (unpaired) electrons. The molecule has 12 heteroatoms. The lowest BCUT2D eigenvalue weighted by molar-refractivity contribution is -0.139. The second-order valence-corrected chi connectivity index (χ2v) is 9.45. The first-order valence-electron chi connectivity index (χ1n) is 11.2. The lowest BCUT2D eigenvalue weighted by atomic mass is 9.95. The molecule has 190 valence electrons. The lowest BCUT2D eigenvalue weighted by Crippen LogP contribution is -2.41. The second kappa shape index (κ2) is 11.3. The Morgan fingerprint density at radius 2 is 2.22 bits per heavy atom. The zero-order chi connectivity index (χ0) is 25.8. The van der Waals surface area contributed by atoms with Crippen molar-refractivity contribution in [2.24, 2.45) is 4.99 Å². The number of benzene rings is 1. The van der Waals surface area contributed by atoms with E-state index in [1.165, 1.54) is 29.5 Å². The van der Waals surface area contributed by atoms with Crippen LogP contribution in [-0.4, -0.2) is 64.7 Å². The third-order valence-electron chi connectivity index (χ3n) is 5.73. The van der Waals surface area contributed by atoms with Gasteiger partial charge in [-0.3, -0.25) is 9.89 Å². The van der Waals surface area contributed by atoms with Crippen molar-refractivity contribution in [3.63, 3.8) is 0 Å². The highest BCUT2D eigenvalue weighted by molar-refractivity contribution is 7.11. The van der Waals surface area contributed by atoms with Crippen LogP contribution in [0.1, 0.15) is 30.0 Å². The number of nitrogens with zero attached hydrogens (tertiary/aromatic N) is 3. The van der Waals surface area contributed by atoms with Crippen molar-refractivity contribution in [3.8, 4) is 0 Å². The zero-order valence-corrected chi connectivity index (χ0v) is 20.7. The van der Waals surface area contributed by atoms with Crippen LogP contribution in [0.15, 0.2) is 58.2 Å². The van der Waals surface area contributed by atoms with Crippen LogP contribution in [0.3, 0.4) is 0 Å². The van der Waals surface area contributed by atoms with Gasteiger partial charge in [0, 0.05) is 53.1 Å². The molecule has 1 aromatic heterocycles. The number of thiazole rings is 1. The number of amidine groups is 1. The number of carboxylic acid groups (broad SMARTS) is 1. The van der Waals surface area contributed by atoms with Crippen molar-refractivity contribution >= 4 is 40.7 Å². The number of rotatable bonds is 8. The number of aliphatic carboxylic acids is 1. The molecule has 2 aromatic rings. The van der Waals surface area contributed by atoms with Crippen molar-refractivity contribution in [2.75, 3.05) is 19.7 Å². The standard InChI is InChI=1S/C24H23ClF2N4O4S/c1-2-35-24(34)20-18(12-31-11-14(27)9-15(31)4-6-19(32)33)29-22(23-28-7-8-36-23)30-21(20)16-5-3-13(26)10-17(16)25/h3-8,10,14-15,21H,2,9,11-12H2,1H3,(H,29,30)(H,32,33)/b6-4+/t14?,15?,21-/m0/s1. The summed E-state index contributed by atoms with van der Waals surface area (Å²) in [6, 6.07) is 2.39. The monoisotopic (exact) mass is 536 g/mol. The van der Waals surface area contributed by atoms with E-state index in [1.54, 1.807) is 23.4 Å². The first-order valence-corrected chi connectivity index (χ1v) is 12.4. The molecular formula is C24H23ClF2N4O4S. The Morgan fingerprint density at radius 3 is 2.89 bits per heavy atom. The van der Waals surface area contributed by atoms with Gasteiger partial charge in [-0.05, 0) is 25.5 Å². The first kappa shape index (κ1) is 25.9. The average Bonchev–Trinajstić information content (AvgIpc) is 3.47. The quantitative estimate of drug-likeness (QED) is 0.389. The van der Waals surface area contributed by atoms with Gasteiger partial charge in [-0.25, -0.2) is 23.4 Å². The fourth-order valence-corrected chi connectivity index (χ4v) is 5.08. The molecule has 1 saturated heterocycles. The molecule has 8 nitrogen and oxygen atoms in total. The van der Waals surface area contributed by atoms with E-state index in [0.29, 0.717) is 22.1 Å². The van der Waals surface area contributed by atoms with E-state index in [-0.39, 0.29) is 36.7 Å². The molecule has 4 rings (SSSR count). The van der Waals surface area contributed by atoms with E-state index in [0.717, 1.165) is 12.1 Å². The Kier molecular flexibility index (Phi) is 8.12. The van der Waals surface area contributed by atoms with Crippen LogP contribution in [0.25, 0.3) is 0 Å². The van der Waals surface area contributed by atoms with Crippen molar-refractivity contribution in [1.82, 2.24) is 15.2 Å². The third-order valence-corrected chi connectivity index (χ3v) is 6.84. The minimum atomic E-state index is -1.17. The Bertz CT molecular complexity index is 1230. The fourth-order valence-electron chi connectivity index (χ4n) is 4.22. The number of hydrogen-bond donors (Lipinski definition) is 2. The van der Waals surface area contributed by atoms with Gasteiger partial charge in [0.25, 0.3) is 0 Å². The van der Waals surface area contributed by atoms with E-state index < -0.39 is 36.0 Å². The van der Waals surface area contributed by atoms with Gasteiger partial charge >= 0.3 is 11.9 Å². The molecule has 36 heavy (non-hydrogen) atoms. The number of halogens is 3. The fraction of sp³-hybridized carbons (Fsp3) is 0.333. The number of carbonyl (C=O) groups excluding carboxylic acids is 1. The highest BCUT2D eigenvalue weighted by Gasteiger charge is 2.37. The number of likely N-dealkylation sites (tertiary alicyclic amines) is 1. The molecule has 1 aromatic carbocycles. The number of esters is 1. The maximum atomic E-state index is 14.4. The molecule has 0 amide bonds. The summed E-state index contributed by atoms with van der Waals surface area (Å²) in [5.74, 6) is -1.96. The van der Waals surface area contributed by atoms with Gasteiger partial charge in [0.1, 0.15) is 18.0 Å². The minimum Gasteiger partial charge on any atom is -0.478 e. The van der Waals surface area contributed by atoms with Crippen LogP contribution < -0.4 is 5.32 Å². The summed E-state index contributed by atoms with van der Waals surface area (Å²) in [6.07, 6.45) is 2.97. The smallest absolute Gasteiger partial charge is 0.338 e. The van der Waals surface area contributed by atoms with E-state index in [1.807, 2.05) is 0 Å². The van der Waals surface area contributed by atoms with Crippen LogP contribution in [0.2, 0.25) is 5.02 Å². The number of nitrogens with one attached hydrogen (secondary N) is 1. The molecule has 2 unspecified atom stereocenters. The predicted octanol–water partition coefficient (Wildman–Crippen LogP) is 3.90. The highest BCUT2D eigenvalue weighted by atomic mass is 35.5. The number of carboxylic acids is 1. The Hall–Kier alpha value is -3.15. The Labute approximate surface area is 215 Å². The lowest BCUT2D eigenvalue weighted by Gasteiger charge is -2.31. The third kappa shape index (κ3) is 5.80. The molecule has 0 bridgehead atoms. The van der Waals surface area contributed by atoms with Gasteiger partial charge in [-0.1, -0.05) is 23.7 Å². The number of ether oxygens (including phenoxy) is 1. The van der Waals surface area contributed by atoms with Gasteiger partial charge in [-0.2, -0.15) is 0 Å². The minimum absolute atomic E-state index is 0.0433. The van der Waals surface area contributed by atoms with E-state index >= 15 is 0 Å². The second-order valence-electron chi connectivity index (χ2n) is 8.15. The SMILES string of the molecule is CCOC(=O)C1=C(CN2CC(F)CC2/C=C/C(=O)O)NC(c2nccs2)=N[C@H]1c1ccc(F)cc1Cl. The van der Waals surface area contributed by atoms with Crippen LogP contribution in [0.4, 0.5) is 8.78 Å². The van der Waals surface area contributed by atoms with Crippen LogP contribution in [0.5, 0.6) is 0 Å².